The standard InChI is InChI=1S/C12H8BrN3/c13-10-6-7-16-11(10)8-14-12(15-16)9-4-2-1-3-5-9/h1-8H. The number of halogens is 1. The molecule has 0 fully saturated rings. The molecule has 3 nitrogen and oxygen atoms in total. The summed E-state index contributed by atoms with van der Waals surface area (Å²) < 4.78 is 2.83. The highest BCUT2D eigenvalue weighted by molar-refractivity contribution is 9.10. The Hall–Kier alpha value is -1.68. The lowest BCUT2D eigenvalue weighted by molar-refractivity contribution is 0.912. The summed E-state index contributed by atoms with van der Waals surface area (Å²) in [6.07, 6.45) is 3.73. The van der Waals surface area contributed by atoms with Gasteiger partial charge in [-0.1, -0.05) is 30.3 Å². The number of aromatic nitrogens is 3. The first-order chi connectivity index (χ1) is 7.84. The molecule has 0 aliphatic heterocycles. The van der Waals surface area contributed by atoms with Crippen molar-refractivity contribution in [3.8, 4) is 11.4 Å². The highest BCUT2D eigenvalue weighted by atomic mass is 79.9. The first-order valence-corrected chi connectivity index (χ1v) is 5.69. The molecular weight excluding hydrogens is 266 g/mol. The largest absolute Gasteiger partial charge is 0.236 e. The third-order valence-electron chi connectivity index (χ3n) is 2.40. The van der Waals surface area contributed by atoms with Gasteiger partial charge in [0.15, 0.2) is 5.82 Å². The van der Waals surface area contributed by atoms with Crippen LogP contribution in [0.25, 0.3) is 16.9 Å². The van der Waals surface area contributed by atoms with Crippen LogP contribution < -0.4 is 0 Å². The lowest BCUT2D eigenvalue weighted by Gasteiger charge is -2.00. The first kappa shape index (κ1) is 9.54. The molecule has 0 N–H and O–H groups in total. The molecule has 0 aliphatic carbocycles. The number of benzene rings is 1. The average Bonchev–Trinajstić information content (AvgIpc) is 2.72. The van der Waals surface area contributed by atoms with E-state index < -0.39 is 0 Å². The number of hydrogen-bond acceptors (Lipinski definition) is 2. The summed E-state index contributed by atoms with van der Waals surface area (Å²) in [6, 6.07) is 11.9. The summed E-state index contributed by atoms with van der Waals surface area (Å²) in [5, 5.41) is 4.44. The predicted octanol–water partition coefficient (Wildman–Crippen LogP) is 3.16. The lowest BCUT2D eigenvalue weighted by atomic mass is 10.2. The summed E-state index contributed by atoms with van der Waals surface area (Å²) in [7, 11) is 0. The molecular formula is C12H8BrN3. The van der Waals surface area contributed by atoms with Gasteiger partial charge in [-0.3, -0.25) is 0 Å². The molecule has 0 radical (unpaired) electrons. The Balaban J connectivity index is 2.19. The highest BCUT2D eigenvalue weighted by Gasteiger charge is 2.04. The third-order valence-corrected chi connectivity index (χ3v) is 3.07. The van der Waals surface area contributed by atoms with Crippen LogP contribution in [0.15, 0.2) is 53.3 Å². The minimum atomic E-state index is 0.733. The van der Waals surface area contributed by atoms with E-state index in [4.69, 9.17) is 0 Å². The van der Waals surface area contributed by atoms with Crippen LogP contribution >= 0.6 is 15.9 Å². The molecule has 4 heteroatoms. The number of nitrogens with zero attached hydrogens (tertiary/aromatic N) is 3. The van der Waals surface area contributed by atoms with Gasteiger partial charge >= 0.3 is 0 Å². The Morgan fingerprint density at radius 2 is 1.88 bits per heavy atom. The summed E-state index contributed by atoms with van der Waals surface area (Å²) in [6.45, 7) is 0. The molecule has 78 valence electrons. The molecule has 16 heavy (non-hydrogen) atoms. The Kier molecular flexibility index (Phi) is 2.22. The summed E-state index contributed by atoms with van der Waals surface area (Å²) in [5.41, 5.74) is 1.99. The van der Waals surface area contributed by atoms with Gasteiger partial charge < -0.3 is 0 Å². The van der Waals surface area contributed by atoms with E-state index in [9.17, 15) is 0 Å². The Morgan fingerprint density at radius 3 is 2.69 bits per heavy atom. The molecule has 0 aliphatic rings. The van der Waals surface area contributed by atoms with E-state index in [-0.39, 0.29) is 0 Å². The monoisotopic (exact) mass is 273 g/mol. The van der Waals surface area contributed by atoms with Crippen molar-refractivity contribution in [3.63, 3.8) is 0 Å². The van der Waals surface area contributed by atoms with E-state index in [0.717, 1.165) is 21.4 Å². The van der Waals surface area contributed by atoms with Gasteiger partial charge in [0.1, 0.15) is 0 Å². The molecule has 1 aromatic carbocycles. The second kappa shape index (κ2) is 3.72. The van der Waals surface area contributed by atoms with Crippen molar-refractivity contribution in [2.45, 2.75) is 0 Å². The summed E-state index contributed by atoms with van der Waals surface area (Å²) >= 11 is 3.45. The molecule has 3 aromatic rings. The zero-order valence-corrected chi connectivity index (χ0v) is 9.92. The lowest BCUT2D eigenvalue weighted by Crippen LogP contribution is -1.95. The van der Waals surface area contributed by atoms with Crippen LogP contribution in [0.1, 0.15) is 0 Å². The minimum absolute atomic E-state index is 0.733. The van der Waals surface area contributed by atoms with Gasteiger partial charge in [-0.25, -0.2) is 9.50 Å². The fourth-order valence-corrected chi connectivity index (χ4v) is 1.99. The molecule has 3 rings (SSSR count). The van der Waals surface area contributed by atoms with E-state index in [1.165, 1.54) is 0 Å². The number of hydrogen-bond donors (Lipinski definition) is 0. The Bertz CT molecular complexity index is 631. The molecule has 2 heterocycles. The topological polar surface area (TPSA) is 30.2 Å². The molecule has 0 saturated carbocycles. The molecule has 0 saturated heterocycles. The van der Waals surface area contributed by atoms with Crippen molar-refractivity contribution < 1.29 is 0 Å². The van der Waals surface area contributed by atoms with Gasteiger partial charge in [-0.2, -0.15) is 0 Å². The van der Waals surface area contributed by atoms with Gasteiger partial charge in [0.05, 0.1) is 11.7 Å². The van der Waals surface area contributed by atoms with Crippen LogP contribution in [0, 0.1) is 0 Å². The zero-order chi connectivity index (χ0) is 11.0. The summed E-state index contributed by atoms with van der Waals surface area (Å²) in [4.78, 5) is 4.35. The fourth-order valence-electron chi connectivity index (χ4n) is 1.59. The first-order valence-electron chi connectivity index (χ1n) is 4.90. The maximum absolute atomic E-state index is 4.44. The second-order valence-electron chi connectivity index (χ2n) is 3.44. The Morgan fingerprint density at radius 1 is 1.06 bits per heavy atom. The molecule has 0 spiro atoms. The summed E-state index contributed by atoms with van der Waals surface area (Å²) in [5.74, 6) is 0.733. The van der Waals surface area contributed by atoms with Crippen molar-refractivity contribution in [1.29, 1.82) is 0 Å². The van der Waals surface area contributed by atoms with E-state index in [2.05, 4.69) is 26.0 Å². The van der Waals surface area contributed by atoms with Crippen molar-refractivity contribution in [2.24, 2.45) is 0 Å². The van der Waals surface area contributed by atoms with Crippen LogP contribution in [0.2, 0.25) is 0 Å². The van der Waals surface area contributed by atoms with Crippen molar-refractivity contribution in [1.82, 2.24) is 14.6 Å². The van der Waals surface area contributed by atoms with Gasteiger partial charge in [0.2, 0.25) is 0 Å². The van der Waals surface area contributed by atoms with Crippen LogP contribution in [0.5, 0.6) is 0 Å². The maximum Gasteiger partial charge on any atom is 0.180 e. The van der Waals surface area contributed by atoms with Crippen LogP contribution in [-0.2, 0) is 0 Å². The fraction of sp³-hybridized carbons (Fsp3) is 0. The maximum atomic E-state index is 4.44. The quantitative estimate of drug-likeness (QED) is 0.682. The SMILES string of the molecule is Brc1ccn2nc(-c3ccccc3)ncc12. The number of rotatable bonds is 1. The van der Waals surface area contributed by atoms with Gasteiger partial charge in [0.25, 0.3) is 0 Å². The highest BCUT2D eigenvalue weighted by Crippen LogP contribution is 2.19. The normalized spacial score (nSPS) is 10.8. The van der Waals surface area contributed by atoms with Gasteiger partial charge in [-0.05, 0) is 22.0 Å². The van der Waals surface area contributed by atoms with Gasteiger partial charge in [-0.15, -0.1) is 5.10 Å². The van der Waals surface area contributed by atoms with Crippen molar-refractivity contribution in [3.05, 3.63) is 53.3 Å². The van der Waals surface area contributed by atoms with Crippen molar-refractivity contribution in [2.75, 3.05) is 0 Å². The van der Waals surface area contributed by atoms with Crippen LogP contribution in [-0.4, -0.2) is 14.6 Å². The van der Waals surface area contributed by atoms with Crippen LogP contribution in [0.4, 0.5) is 0 Å². The van der Waals surface area contributed by atoms with E-state index >= 15 is 0 Å². The van der Waals surface area contributed by atoms with Crippen molar-refractivity contribution >= 4 is 21.4 Å². The smallest absolute Gasteiger partial charge is 0.180 e. The van der Waals surface area contributed by atoms with Crippen LogP contribution in [0.3, 0.4) is 0 Å². The molecule has 2 aromatic heterocycles. The minimum Gasteiger partial charge on any atom is -0.236 e. The average molecular weight is 274 g/mol. The molecule has 0 unspecified atom stereocenters. The Labute approximate surface area is 101 Å². The second-order valence-corrected chi connectivity index (χ2v) is 4.30. The number of fused-ring (bicyclic) bond motifs is 1. The molecule has 0 amide bonds. The van der Waals surface area contributed by atoms with E-state index in [1.807, 2.05) is 53.3 Å². The van der Waals surface area contributed by atoms with Gasteiger partial charge in [0, 0.05) is 16.2 Å². The third kappa shape index (κ3) is 1.51. The zero-order valence-electron chi connectivity index (χ0n) is 8.34. The molecule has 0 atom stereocenters. The van der Waals surface area contributed by atoms with E-state index in [0.29, 0.717) is 0 Å². The van der Waals surface area contributed by atoms with E-state index in [1.54, 1.807) is 0 Å². The molecule has 0 bridgehead atoms. The predicted molar refractivity (Wildman–Crippen MR) is 66.1 cm³/mol.